The van der Waals surface area contributed by atoms with Gasteiger partial charge in [-0.1, -0.05) is 48.9 Å². The fraction of sp³-hybridized carbons (Fsp3) is 0.360. The van der Waals surface area contributed by atoms with Crippen molar-refractivity contribution >= 4 is 10.9 Å². The molecule has 1 aromatic heterocycles. The highest BCUT2D eigenvalue weighted by Crippen LogP contribution is 2.25. The van der Waals surface area contributed by atoms with Crippen molar-refractivity contribution in [2.24, 2.45) is 0 Å². The van der Waals surface area contributed by atoms with E-state index in [1.807, 2.05) is 0 Å². The molecule has 1 aliphatic heterocycles. The molecule has 1 unspecified atom stereocenters. The van der Waals surface area contributed by atoms with Gasteiger partial charge in [0.1, 0.15) is 5.75 Å². The molecule has 3 aromatic rings. The summed E-state index contributed by atoms with van der Waals surface area (Å²) >= 11 is 0. The first-order valence-electron chi connectivity index (χ1n) is 10.4. The van der Waals surface area contributed by atoms with E-state index in [1.54, 1.807) is 7.11 Å². The number of para-hydroxylation sites is 1. The Labute approximate surface area is 168 Å². The fourth-order valence-electron chi connectivity index (χ4n) is 4.20. The van der Waals surface area contributed by atoms with E-state index in [2.05, 4.69) is 76.8 Å². The minimum Gasteiger partial charge on any atom is -0.497 e. The van der Waals surface area contributed by atoms with Gasteiger partial charge in [0.15, 0.2) is 0 Å². The van der Waals surface area contributed by atoms with Gasteiger partial charge in [0.25, 0.3) is 0 Å². The molecule has 0 saturated carbocycles. The third-order valence-corrected chi connectivity index (χ3v) is 5.83. The van der Waals surface area contributed by atoms with Crippen molar-refractivity contribution < 1.29 is 4.74 Å². The molecular formula is C25H30N2O. The van der Waals surface area contributed by atoms with Crippen LogP contribution in [0.1, 0.15) is 36.3 Å². The van der Waals surface area contributed by atoms with Crippen molar-refractivity contribution in [3.8, 4) is 5.75 Å². The minimum absolute atomic E-state index is 0.492. The van der Waals surface area contributed by atoms with Crippen LogP contribution in [0, 0.1) is 0 Å². The number of rotatable bonds is 8. The maximum atomic E-state index is 5.27. The molecule has 146 valence electrons. The van der Waals surface area contributed by atoms with E-state index in [4.69, 9.17) is 4.74 Å². The minimum atomic E-state index is 0.492. The first kappa shape index (κ1) is 18.8. The topological polar surface area (TPSA) is 28.3 Å². The van der Waals surface area contributed by atoms with Crippen LogP contribution >= 0.6 is 0 Å². The average Bonchev–Trinajstić information content (AvgIpc) is 3.17. The van der Waals surface area contributed by atoms with Gasteiger partial charge in [0.05, 0.1) is 7.11 Å². The summed E-state index contributed by atoms with van der Waals surface area (Å²) in [5, 5.41) is 1.38. The van der Waals surface area contributed by atoms with Gasteiger partial charge < -0.3 is 9.72 Å². The number of benzene rings is 2. The molecule has 0 bridgehead atoms. The van der Waals surface area contributed by atoms with Crippen LogP contribution in [0.5, 0.6) is 5.75 Å². The Morgan fingerprint density at radius 2 is 1.89 bits per heavy atom. The monoisotopic (exact) mass is 374 g/mol. The predicted octanol–water partition coefficient (Wildman–Crippen LogP) is 5.54. The molecule has 0 saturated heterocycles. The Morgan fingerprint density at radius 1 is 1.04 bits per heavy atom. The van der Waals surface area contributed by atoms with Gasteiger partial charge in [0.2, 0.25) is 0 Å². The maximum Gasteiger partial charge on any atom is 0.118 e. The summed E-state index contributed by atoms with van der Waals surface area (Å²) in [7, 11) is 1.72. The number of nitrogens with zero attached hydrogens (tertiary/aromatic N) is 1. The Morgan fingerprint density at radius 3 is 2.75 bits per heavy atom. The SMILES string of the molecule is COc1ccc(C2C=CCN(CCCCCc3c[nH]c4ccccc34)C2)cc1. The van der Waals surface area contributed by atoms with E-state index in [-0.39, 0.29) is 0 Å². The molecule has 1 N–H and O–H groups in total. The summed E-state index contributed by atoms with van der Waals surface area (Å²) in [6.45, 7) is 3.38. The van der Waals surface area contributed by atoms with Gasteiger partial charge in [-0.05, 0) is 55.1 Å². The predicted molar refractivity (Wildman–Crippen MR) is 117 cm³/mol. The van der Waals surface area contributed by atoms with E-state index in [1.165, 1.54) is 54.3 Å². The molecule has 28 heavy (non-hydrogen) atoms. The number of aryl methyl sites for hydroxylation is 1. The van der Waals surface area contributed by atoms with Crippen molar-refractivity contribution in [2.45, 2.75) is 31.6 Å². The number of H-pyrrole nitrogens is 1. The largest absolute Gasteiger partial charge is 0.497 e. The van der Waals surface area contributed by atoms with E-state index in [0.29, 0.717) is 5.92 Å². The second kappa shape index (κ2) is 9.11. The fourth-order valence-corrected chi connectivity index (χ4v) is 4.20. The normalized spacial score (nSPS) is 17.2. The Bertz CT molecular complexity index is 910. The smallest absolute Gasteiger partial charge is 0.118 e. The van der Waals surface area contributed by atoms with Crippen LogP contribution < -0.4 is 4.74 Å². The van der Waals surface area contributed by atoms with E-state index >= 15 is 0 Å². The number of methoxy groups -OCH3 is 1. The molecule has 2 aromatic carbocycles. The summed E-state index contributed by atoms with van der Waals surface area (Å²) in [6.07, 6.45) is 11.8. The van der Waals surface area contributed by atoms with E-state index < -0.39 is 0 Å². The molecule has 0 amide bonds. The van der Waals surface area contributed by atoms with E-state index in [9.17, 15) is 0 Å². The van der Waals surface area contributed by atoms with Gasteiger partial charge in [-0.25, -0.2) is 0 Å². The van der Waals surface area contributed by atoms with Crippen LogP contribution in [0.25, 0.3) is 10.9 Å². The highest BCUT2D eigenvalue weighted by atomic mass is 16.5. The van der Waals surface area contributed by atoms with Crippen molar-refractivity contribution in [2.75, 3.05) is 26.7 Å². The lowest BCUT2D eigenvalue weighted by molar-refractivity contribution is 0.277. The Kier molecular flexibility index (Phi) is 6.13. The molecule has 2 heterocycles. The Hall–Kier alpha value is -2.52. The molecule has 4 rings (SSSR count). The first-order chi connectivity index (χ1) is 13.8. The standard InChI is InChI=1S/C25H30N2O/c1-28-23-14-12-20(13-15-23)22-9-7-17-27(19-22)16-6-2-3-8-21-18-26-25-11-5-4-10-24(21)25/h4-5,7,9-15,18,22,26H,2-3,6,8,16-17,19H2,1H3. The van der Waals surface area contributed by atoms with Gasteiger partial charge in [-0.15, -0.1) is 0 Å². The van der Waals surface area contributed by atoms with Crippen LogP contribution in [0.2, 0.25) is 0 Å². The van der Waals surface area contributed by atoms with Gasteiger partial charge in [0, 0.05) is 36.1 Å². The molecular weight excluding hydrogens is 344 g/mol. The average molecular weight is 375 g/mol. The lowest BCUT2D eigenvalue weighted by atomic mass is 9.95. The molecule has 1 atom stereocenters. The van der Waals surface area contributed by atoms with Crippen LogP contribution in [-0.2, 0) is 6.42 Å². The number of unbranched alkanes of at least 4 members (excludes halogenated alkanes) is 2. The third-order valence-electron chi connectivity index (χ3n) is 5.83. The molecule has 3 heteroatoms. The summed E-state index contributed by atoms with van der Waals surface area (Å²) in [5.41, 5.74) is 4.08. The number of fused-ring (bicyclic) bond motifs is 1. The lowest BCUT2D eigenvalue weighted by Gasteiger charge is -2.29. The van der Waals surface area contributed by atoms with Crippen molar-refractivity contribution in [1.82, 2.24) is 9.88 Å². The van der Waals surface area contributed by atoms with Crippen LogP contribution in [0.15, 0.2) is 66.9 Å². The molecule has 3 nitrogen and oxygen atoms in total. The summed E-state index contributed by atoms with van der Waals surface area (Å²) in [6, 6.07) is 17.1. The number of ether oxygens (including phenoxy) is 1. The third kappa shape index (κ3) is 4.48. The van der Waals surface area contributed by atoms with Crippen molar-refractivity contribution in [3.05, 3.63) is 78.0 Å². The number of nitrogens with one attached hydrogen (secondary N) is 1. The molecule has 0 radical (unpaired) electrons. The zero-order chi connectivity index (χ0) is 19.2. The number of hydrogen-bond donors (Lipinski definition) is 1. The van der Waals surface area contributed by atoms with Gasteiger partial charge >= 0.3 is 0 Å². The zero-order valence-corrected chi connectivity index (χ0v) is 16.7. The highest BCUT2D eigenvalue weighted by molar-refractivity contribution is 5.82. The summed E-state index contributed by atoms with van der Waals surface area (Å²) < 4.78 is 5.27. The van der Waals surface area contributed by atoms with Crippen molar-refractivity contribution in [1.29, 1.82) is 0 Å². The quantitative estimate of drug-likeness (QED) is 0.414. The molecule has 0 aliphatic carbocycles. The lowest BCUT2D eigenvalue weighted by Crippen LogP contribution is -2.32. The van der Waals surface area contributed by atoms with Crippen LogP contribution in [0.3, 0.4) is 0 Å². The Balaban J connectivity index is 1.21. The second-order valence-electron chi connectivity index (χ2n) is 7.74. The highest BCUT2D eigenvalue weighted by Gasteiger charge is 2.16. The van der Waals surface area contributed by atoms with Crippen LogP contribution in [0.4, 0.5) is 0 Å². The number of aromatic nitrogens is 1. The number of aromatic amines is 1. The van der Waals surface area contributed by atoms with Crippen LogP contribution in [-0.4, -0.2) is 36.6 Å². The van der Waals surface area contributed by atoms with Gasteiger partial charge in [-0.3, -0.25) is 4.90 Å². The molecule has 1 aliphatic rings. The number of hydrogen-bond acceptors (Lipinski definition) is 2. The summed E-state index contributed by atoms with van der Waals surface area (Å²) in [4.78, 5) is 5.97. The summed E-state index contributed by atoms with van der Waals surface area (Å²) in [5.74, 6) is 1.42. The van der Waals surface area contributed by atoms with Crippen molar-refractivity contribution in [3.63, 3.8) is 0 Å². The maximum absolute atomic E-state index is 5.27. The molecule has 0 fully saturated rings. The van der Waals surface area contributed by atoms with Gasteiger partial charge in [-0.2, -0.15) is 0 Å². The van der Waals surface area contributed by atoms with E-state index in [0.717, 1.165) is 18.8 Å². The first-order valence-corrected chi connectivity index (χ1v) is 10.4. The second-order valence-corrected chi connectivity index (χ2v) is 7.74. The molecule has 0 spiro atoms. The zero-order valence-electron chi connectivity index (χ0n) is 16.7.